The summed E-state index contributed by atoms with van der Waals surface area (Å²) in [6.45, 7) is 6.27. The molecule has 1 N–H and O–H groups in total. The third-order valence-corrected chi connectivity index (χ3v) is 3.60. The van der Waals surface area contributed by atoms with Crippen LogP contribution in [0.3, 0.4) is 0 Å². The highest BCUT2D eigenvalue weighted by atomic mass is 35.5. The molecule has 20 heavy (non-hydrogen) atoms. The maximum Gasteiger partial charge on any atom is 0.0948 e. The van der Waals surface area contributed by atoms with Gasteiger partial charge in [0.1, 0.15) is 0 Å². The Morgan fingerprint density at radius 1 is 1.30 bits per heavy atom. The van der Waals surface area contributed by atoms with Gasteiger partial charge in [0.15, 0.2) is 0 Å². The Bertz CT molecular complexity index is 519. The van der Waals surface area contributed by atoms with Crippen LogP contribution in [-0.2, 0) is 19.5 Å². The number of nitrogens with zero attached hydrogens (tertiary/aromatic N) is 2. The van der Waals surface area contributed by atoms with Crippen LogP contribution in [0.5, 0.6) is 0 Å². The number of imidazole rings is 1. The minimum Gasteiger partial charge on any atom is -0.333 e. The van der Waals surface area contributed by atoms with E-state index >= 15 is 0 Å². The molecule has 4 heteroatoms. The van der Waals surface area contributed by atoms with Gasteiger partial charge in [-0.3, -0.25) is 0 Å². The van der Waals surface area contributed by atoms with Crippen molar-refractivity contribution in [3.05, 3.63) is 53.1 Å². The first kappa shape index (κ1) is 15.1. The molecule has 108 valence electrons. The molecule has 1 unspecified atom stereocenters. The van der Waals surface area contributed by atoms with E-state index in [4.69, 9.17) is 11.6 Å². The normalized spacial score (nSPS) is 12.6. The van der Waals surface area contributed by atoms with Gasteiger partial charge in [-0.25, -0.2) is 4.98 Å². The van der Waals surface area contributed by atoms with Crippen LogP contribution in [0.4, 0.5) is 0 Å². The Morgan fingerprint density at radius 2 is 2.05 bits per heavy atom. The summed E-state index contributed by atoms with van der Waals surface area (Å²) in [5, 5.41) is 4.34. The second kappa shape index (κ2) is 7.46. The summed E-state index contributed by atoms with van der Waals surface area (Å²) in [6.07, 6.45) is 5.98. The molecule has 1 atom stereocenters. The zero-order chi connectivity index (χ0) is 14.4. The molecular weight excluding hydrogens is 270 g/mol. The fourth-order valence-corrected chi connectivity index (χ4v) is 2.39. The van der Waals surface area contributed by atoms with E-state index in [1.165, 1.54) is 11.3 Å². The number of hydrogen-bond donors (Lipinski definition) is 1. The predicted molar refractivity (Wildman–Crippen MR) is 84.0 cm³/mol. The third kappa shape index (κ3) is 4.36. The van der Waals surface area contributed by atoms with Crippen LogP contribution in [0, 0.1) is 0 Å². The molecule has 0 saturated carbocycles. The molecule has 1 aromatic carbocycles. The third-order valence-electron chi connectivity index (χ3n) is 3.35. The van der Waals surface area contributed by atoms with Crippen molar-refractivity contribution in [2.45, 2.75) is 45.8 Å². The number of rotatable bonds is 7. The lowest BCUT2D eigenvalue weighted by Gasteiger charge is -2.15. The van der Waals surface area contributed by atoms with E-state index < -0.39 is 0 Å². The minimum absolute atomic E-state index is 0.418. The Morgan fingerprint density at radius 3 is 2.75 bits per heavy atom. The predicted octanol–water partition coefficient (Wildman–Crippen LogP) is 3.67. The van der Waals surface area contributed by atoms with Crippen molar-refractivity contribution in [1.82, 2.24) is 14.9 Å². The average molecular weight is 292 g/mol. The largest absolute Gasteiger partial charge is 0.333 e. The second-order valence-corrected chi connectivity index (χ2v) is 5.63. The van der Waals surface area contributed by atoms with Gasteiger partial charge in [0.05, 0.1) is 12.0 Å². The number of hydrogen-bond acceptors (Lipinski definition) is 2. The van der Waals surface area contributed by atoms with Crippen molar-refractivity contribution in [2.24, 2.45) is 0 Å². The maximum absolute atomic E-state index is 5.90. The van der Waals surface area contributed by atoms with Gasteiger partial charge in [0.2, 0.25) is 0 Å². The van der Waals surface area contributed by atoms with Gasteiger partial charge in [-0.15, -0.1) is 0 Å². The molecule has 0 saturated heterocycles. The summed E-state index contributed by atoms with van der Waals surface area (Å²) in [7, 11) is 0. The molecule has 0 fully saturated rings. The van der Waals surface area contributed by atoms with Gasteiger partial charge < -0.3 is 9.88 Å². The lowest BCUT2D eigenvalue weighted by Crippen LogP contribution is -2.28. The molecule has 3 nitrogen and oxygen atoms in total. The first-order valence-electron chi connectivity index (χ1n) is 7.16. The summed E-state index contributed by atoms with van der Waals surface area (Å²) in [5.41, 5.74) is 2.55. The molecule has 0 amide bonds. The monoisotopic (exact) mass is 291 g/mol. The van der Waals surface area contributed by atoms with Crippen LogP contribution in [0.15, 0.2) is 36.8 Å². The molecule has 0 aliphatic rings. The smallest absolute Gasteiger partial charge is 0.0948 e. The topological polar surface area (TPSA) is 29.9 Å². The van der Waals surface area contributed by atoms with E-state index in [2.05, 4.69) is 40.8 Å². The molecule has 1 heterocycles. The molecular formula is C16H22ClN3. The zero-order valence-corrected chi connectivity index (χ0v) is 12.9. The quantitative estimate of drug-likeness (QED) is 0.843. The van der Waals surface area contributed by atoms with E-state index in [1.807, 2.05) is 24.7 Å². The van der Waals surface area contributed by atoms with Crippen LogP contribution in [-0.4, -0.2) is 15.6 Å². The van der Waals surface area contributed by atoms with Gasteiger partial charge in [-0.1, -0.05) is 30.7 Å². The molecule has 0 radical (unpaired) electrons. The SMILES string of the molecule is CCCn1cncc1CNC(C)Cc1ccc(Cl)cc1. The van der Waals surface area contributed by atoms with Crippen LogP contribution < -0.4 is 5.32 Å². The lowest BCUT2D eigenvalue weighted by molar-refractivity contribution is 0.521. The molecule has 2 aromatic rings. The number of halogens is 1. The minimum atomic E-state index is 0.418. The van der Waals surface area contributed by atoms with E-state index in [1.54, 1.807) is 0 Å². The second-order valence-electron chi connectivity index (χ2n) is 5.19. The molecule has 0 aliphatic carbocycles. The van der Waals surface area contributed by atoms with Gasteiger partial charge in [0, 0.05) is 30.4 Å². The molecule has 1 aromatic heterocycles. The number of benzene rings is 1. The Labute approximate surface area is 126 Å². The number of nitrogens with one attached hydrogen (secondary N) is 1. The highest BCUT2D eigenvalue weighted by molar-refractivity contribution is 6.30. The zero-order valence-electron chi connectivity index (χ0n) is 12.1. The van der Waals surface area contributed by atoms with E-state index in [9.17, 15) is 0 Å². The lowest BCUT2D eigenvalue weighted by atomic mass is 10.1. The first-order chi connectivity index (χ1) is 9.69. The molecule has 0 bridgehead atoms. The number of aryl methyl sites for hydroxylation is 1. The van der Waals surface area contributed by atoms with Crippen molar-refractivity contribution in [2.75, 3.05) is 0 Å². The Kier molecular flexibility index (Phi) is 5.62. The standard InChI is InChI=1S/C16H22ClN3/c1-3-8-20-12-18-10-16(20)11-19-13(2)9-14-4-6-15(17)7-5-14/h4-7,10,12-13,19H,3,8-9,11H2,1-2H3. The van der Waals surface area contributed by atoms with E-state index in [0.29, 0.717) is 6.04 Å². The number of aromatic nitrogens is 2. The maximum atomic E-state index is 5.90. The van der Waals surface area contributed by atoms with Gasteiger partial charge in [0.25, 0.3) is 0 Å². The van der Waals surface area contributed by atoms with Crippen molar-refractivity contribution in [3.63, 3.8) is 0 Å². The van der Waals surface area contributed by atoms with Crippen LogP contribution in [0.25, 0.3) is 0 Å². The first-order valence-corrected chi connectivity index (χ1v) is 7.53. The highest BCUT2D eigenvalue weighted by Gasteiger charge is 2.06. The van der Waals surface area contributed by atoms with Crippen molar-refractivity contribution >= 4 is 11.6 Å². The Balaban J connectivity index is 1.84. The fourth-order valence-electron chi connectivity index (χ4n) is 2.26. The summed E-state index contributed by atoms with van der Waals surface area (Å²) < 4.78 is 2.21. The van der Waals surface area contributed by atoms with Gasteiger partial charge in [-0.2, -0.15) is 0 Å². The summed E-state index contributed by atoms with van der Waals surface area (Å²) >= 11 is 5.90. The summed E-state index contributed by atoms with van der Waals surface area (Å²) in [6, 6.07) is 8.48. The van der Waals surface area contributed by atoms with E-state index in [-0.39, 0.29) is 0 Å². The average Bonchev–Trinajstić information content (AvgIpc) is 2.87. The summed E-state index contributed by atoms with van der Waals surface area (Å²) in [5.74, 6) is 0. The van der Waals surface area contributed by atoms with Crippen molar-refractivity contribution in [1.29, 1.82) is 0 Å². The van der Waals surface area contributed by atoms with Gasteiger partial charge >= 0.3 is 0 Å². The van der Waals surface area contributed by atoms with Crippen LogP contribution in [0.2, 0.25) is 5.02 Å². The van der Waals surface area contributed by atoms with Gasteiger partial charge in [-0.05, 0) is 37.5 Å². The van der Waals surface area contributed by atoms with Crippen LogP contribution >= 0.6 is 11.6 Å². The molecule has 0 aliphatic heterocycles. The highest BCUT2D eigenvalue weighted by Crippen LogP contribution is 2.11. The summed E-state index contributed by atoms with van der Waals surface area (Å²) in [4.78, 5) is 4.22. The van der Waals surface area contributed by atoms with Crippen molar-refractivity contribution < 1.29 is 0 Å². The molecule has 2 rings (SSSR count). The van der Waals surface area contributed by atoms with E-state index in [0.717, 1.165) is 31.0 Å². The molecule has 0 spiro atoms. The fraction of sp³-hybridized carbons (Fsp3) is 0.438. The van der Waals surface area contributed by atoms with Crippen molar-refractivity contribution in [3.8, 4) is 0 Å². The van der Waals surface area contributed by atoms with Crippen LogP contribution in [0.1, 0.15) is 31.5 Å². The Hall–Kier alpha value is -1.32.